The summed E-state index contributed by atoms with van der Waals surface area (Å²) in [7, 11) is 0. The SMILES string of the molecule is O=C(CN1CCC(c2nc3ccccc3s2)CC1)Nc1ccc(F)c(F)c1F. The van der Waals surface area contributed by atoms with Crippen molar-refractivity contribution in [2.24, 2.45) is 0 Å². The van der Waals surface area contributed by atoms with Gasteiger partial charge in [-0.25, -0.2) is 18.2 Å². The maximum atomic E-state index is 13.7. The van der Waals surface area contributed by atoms with Crippen LogP contribution in [-0.4, -0.2) is 35.4 Å². The number of halogens is 3. The molecule has 0 radical (unpaired) electrons. The minimum absolute atomic E-state index is 0.0744. The average molecular weight is 405 g/mol. The molecular weight excluding hydrogens is 387 g/mol. The van der Waals surface area contributed by atoms with Crippen LogP contribution < -0.4 is 5.32 Å². The number of benzene rings is 2. The molecule has 2 heterocycles. The second-order valence-electron chi connectivity index (χ2n) is 6.84. The highest BCUT2D eigenvalue weighted by molar-refractivity contribution is 7.18. The van der Waals surface area contributed by atoms with Crippen LogP contribution >= 0.6 is 11.3 Å². The van der Waals surface area contributed by atoms with Crippen molar-refractivity contribution in [1.29, 1.82) is 0 Å². The van der Waals surface area contributed by atoms with Crippen molar-refractivity contribution in [1.82, 2.24) is 9.88 Å². The first-order chi connectivity index (χ1) is 13.5. The molecule has 1 aromatic heterocycles. The molecule has 2 aromatic carbocycles. The minimum Gasteiger partial charge on any atom is -0.322 e. The van der Waals surface area contributed by atoms with Crippen molar-refractivity contribution >= 4 is 33.1 Å². The average Bonchev–Trinajstić information content (AvgIpc) is 3.13. The Labute approximate surface area is 164 Å². The van der Waals surface area contributed by atoms with Gasteiger partial charge in [-0.15, -0.1) is 11.3 Å². The first-order valence-corrected chi connectivity index (χ1v) is 9.84. The summed E-state index contributed by atoms with van der Waals surface area (Å²) in [5, 5.41) is 3.43. The molecular formula is C20H18F3N3OS. The van der Waals surface area contributed by atoms with Crippen molar-refractivity contribution in [2.45, 2.75) is 18.8 Å². The number of para-hydroxylation sites is 1. The molecule has 0 aliphatic carbocycles. The predicted molar refractivity (Wildman–Crippen MR) is 103 cm³/mol. The van der Waals surface area contributed by atoms with Gasteiger partial charge in [0, 0.05) is 5.92 Å². The van der Waals surface area contributed by atoms with E-state index >= 15 is 0 Å². The molecule has 1 saturated heterocycles. The highest BCUT2D eigenvalue weighted by atomic mass is 32.1. The van der Waals surface area contributed by atoms with Crippen LogP contribution in [0.15, 0.2) is 36.4 Å². The number of piperidine rings is 1. The Morgan fingerprint density at radius 1 is 1.11 bits per heavy atom. The van der Waals surface area contributed by atoms with E-state index in [0.717, 1.165) is 35.5 Å². The first-order valence-electron chi connectivity index (χ1n) is 9.02. The lowest BCUT2D eigenvalue weighted by molar-refractivity contribution is -0.117. The van der Waals surface area contributed by atoms with Crippen LogP contribution in [0.2, 0.25) is 0 Å². The molecule has 0 bridgehead atoms. The molecule has 4 nitrogen and oxygen atoms in total. The van der Waals surface area contributed by atoms with Gasteiger partial charge in [0.05, 0.1) is 27.5 Å². The number of amides is 1. The molecule has 1 aliphatic heterocycles. The molecule has 8 heteroatoms. The molecule has 1 aliphatic rings. The largest absolute Gasteiger partial charge is 0.322 e. The second kappa shape index (κ2) is 7.89. The number of hydrogen-bond donors (Lipinski definition) is 1. The lowest BCUT2D eigenvalue weighted by Crippen LogP contribution is -2.38. The van der Waals surface area contributed by atoms with E-state index in [1.54, 1.807) is 11.3 Å². The number of likely N-dealkylation sites (tertiary alicyclic amines) is 1. The first kappa shape index (κ1) is 18.9. The maximum Gasteiger partial charge on any atom is 0.238 e. The van der Waals surface area contributed by atoms with E-state index in [0.29, 0.717) is 19.0 Å². The van der Waals surface area contributed by atoms with E-state index < -0.39 is 23.4 Å². The molecule has 0 unspecified atom stereocenters. The van der Waals surface area contributed by atoms with Crippen molar-refractivity contribution in [3.63, 3.8) is 0 Å². The third kappa shape index (κ3) is 3.88. The van der Waals surface area contributed by atoms with Gasteiger partial charge in [-0.1, -0.05) is 12.1 Å². The highest BCUT2D eigenvalue weighted by Crippen LogP contribution is 2.33. The van der Waals surface area contributed by atoms with Crippen LogP contribution in [0.25, 0.3) is 10.2 Å². The number of aromatic nitrogens is 1. The Hall–Kier alpha value is -2.45. The van der Waals surface area contributed by atoms with Gasteiger partial charge in [-0.3, -0.25) is 9.69 Å². The third-order valence-electron chi connectivity index (χ3n) is 4.92. The molecule has 4 rings (SSSR count). The number of thiazole rings is 1. The fourth-order valence-corrected chi connectivity index (χ4v) is 4.55. The van der Waals surface area contributed by atoms with Gasteiger partial charge in [0.25, 0.3) is 0 Å². The summed E-state index contributed by atoms with van der Waals surface area (Å²) in [6.07, 6.45) is 1.76. The predicted octanol–water partition coefficient (Wildman–Crippen LogP) is 4.53. The van der Waals surface area contributed by atoms with Crippen molar-refractivity contribution in [2.75, 3.05) is 25.0 Å². The van der Waals surface area contributed by atoms with Crippen LogP contribution in [0, 0.1) is 17.5 Å². The van der Waals surface area contributed by atoms with Gasteiger partial charge >= 0.3 is 0 Å². The molecule has 1 fully saturated rings. The summed E-state index contributed by atoms with van der Waals surface area (Å²) in [6.45, 7) is 1.51. The molecule has 1 N–H and O–H groups in total. The van der Waals surface area contributed by atoms with Gasteiger partial charge in [0.15, 0.2) is 17.5 Å². The Balaban J connectivity index is 1.33. The van der Waals surface area contributed by atoms with Gasteiger partial charge in [0.1, 0.15) is 0 Å². The van der Waals surface area contributed by atoms with Crippen LogP contribution in [0.4, 0.5) is 18.9 Å². The van der Waals surface area contributed by atoms with Crippen molar-refractivity contribution in [3.05, 3.63) is 58.9 Å². The summed E-state index contributed by atoms with van der Waals surface area (Å²) in [5.41, 5.74) is 0.658. The van der Waals surface area contributed by atoms with Gasteiger partial charge in [-0.05, 0) is 50.2 Å². The Morgan fingerprint density at radius 3 is 2.61 bits per heavy atom. The van der Waals surface area contributed by atoms with E-state index in [9.17, 15) is 18.0 Å². The van der Waals surface area contributed by atoms with E-state index in [-0.39, 0.29) is 12.2 Å². The molecule has 0 spiro atoms. The fourth-order valence-electron chi connectivity index (χ4n) is 3.42. The monoisotopic (exact) mass is 405 g/mol. The molecule has 3 aromatic rings. The van der Waals surface area contributed by atoms with Crippen LogP contribution in [0.5, 0.6) is 0 Å². The minimum atomic E-state index is -1.59. The van der Waals surface area contributed by atoms with E-state index in [4.69, 9.17) is 4.98 Å². The molecule has 1 amide bonds. The Morgan fingerprint density at radius 2 is 1.86 bits per heavy atom. The van der Waals surface area contributed by atoms with Crippen LogP contribution in [0.3, 0.4) is 0 Å². The summed E-state index contributed by atoms with van der Waals surface area (Å²) in [5.74, 6) is -4.35. The lowest BCUT2D eigenvalue weighted by Gasteiger charge is -2.30. The lowest BCUT2D eigenvalue weighted by atomic mass is 9.97. The van der Waals surface area contributed by atoms with Gasteiger partial charge < -0.3 is 5.32 Å². The summed E-state index contributed by atoms with van der Waals surface area (Å²) >= 11 is 1.71. The quantitative estimate of drug-likeness (QED) is 0.649. The number of hydrogen-bond acceptors (Lipinski definition) is 4. The normalized spacial score (nSPS) is 15.8. The van der Waals surface area contributed by atoms with E-state index in [1.807, 2.05) is 23.1 Å². The van der Waals surface area contributed by atoms with Gasteiger partial charge in [-0.2, -0.15) is 0 Å². The number of fused-ring (bicyclic) bond motifs is 1. The molecule has 146 valence electrons. The number of carbonyl (C=O) groups excluding carboxylic acids is 1. The standard InChI is InChI=1S/C20H18F3N3OS/c21-13-5-6-15(19(23)18(13)22)24-17(27)11-26-9-7-12(8-10-26)20-25-14-3-1-2-4-16(14)28-20/h1-6,12H,7-11H2,(H,24,27). The molecule has 0 saturated carbocycles. The number of anilines is 1. The summed E-state index contributed by atoms with van der Waals surface area (Å²) in [6, 6.07) is 9.85. The Kier molecular flexibility index (Phi) is 5.32. The van der Waals surface area contributed by atoms with Crippen molar-refractivity contribution < 1.29 is 18.0 Å². The number of rotatable bonds is 4. The zero-order valence-corrected chi connectivity index (χ0v) is 15.7. The van der Waals surface area contributed by atoms with E-state index in [2.05, 4.69) is 11.4 Å². The topological polar surface area (TPSA) is 45.2 Å². The third-order valence-corrected chi connectivity index (χ3v) is 6.12. The smallest absolute Gasteiger partial charge is 0.238 e. The number of carbonyl (C=O) groups is 1. The molecule has 28 heavy (non-hydrogen) atoms. The fraction of sp³-hybridized carbons (Fsp3) is 0.300. The highest BCUT2D eigenvalue weighted by Gasteiger charge is 2.25. The second-order valence-corrected chi connectivity index (χ2v) is 7.90. The van der Waals surface area contributed by atoms with E-state index in [1.165, 1.54) is 4.70 Å². The van der Waals surface area contributed by atoms with Crippen LogP contribution in [-0.2, 0) is 4.79 Å². The number of nitrogens with zero attached hydrogens (tertiary/aromatic N) is 2. The number of nitrogens with one attached hydrogen (secondary N) is 1. The summed E-state index contributed by atoms with van der Waals surface area (Å²) in [4.78, 5) is 18.8. The zero-order valence-electron chi connectivity index (χ0n) is 14.9. The molecule has 0 atom stereocenters. The van der Waals surface area contributed by atoms with Crippen molar-refractivity contribution in [3.8, 4) is 0 Å². The Bertz CT molecular complexity index is 982. The maximum absolute atomic E-state index is 13.7. The van der Waals surface area contributed by atoms with Gasteiger partial charge in [0.2, 0.25) is 5.91 Å². The summed E-state index contributed by atoms with van der Waals surface area (Å²) < 4.78 is 41.1. The van der Waals surface area contributed by atoms with Crippen LogP contribution in [0.1, 0.15) is 23.8 Å². The zero-order chi connectivity index (χ0) is 19.7.